The summed E-state index contributed by atoms with van der Waals surface area (Å²) in [4.78, 5) is 0. The van der Waals surface area contributed by atoms with Crippen LogP contribution < -0.4 is 0 Å². The zero-order valence-corrected chi connectivity index (χ0v) is 6.91. The Morgan fingerprint density at radius 3 is 2.75 bits per heavy atom. The molecule has 2 rings (SSSR count). The van der Waals surface area contributed by atoms with Crippen molar-refractivity contribution in [1.29, 1.82) is 0 Å². The Bertz CT molecular complexity index is 360. The van der Waals surface area contributed by atoms with E-state index < -0.39 is 0 Å². The molecule has 0 saturated carbocycles. The van der Waals surface area contributed by atoms with Crippen LogP contribution in [0, 0.1) is 19.2 Å². The summed E-state index contributed by atoms with van der Waals surface area (Å²) in [5.41, 5.74) is 2.41. The lowest BCUT2D eigenvalue weighted by Crippen LogP contribution is -1.91. The molecule has 0 aliphatic rings. The van der Waals surface area contributed by atoms with Crippen molar-refractivity contribution in [1.82, 2.24) is 4.57 Å². The second kappa shape index (κ2) is 2.75. The van der Waals surface area contributed by atoms with Crippen LogP contribution in [0.3, 0.4) is 0 Å². The Kier molecular flexibility index (Phi) is 1.60. The van der Waals surface area contributed by atoms with E-state index in [4.69, 9.17) is 0 Å². The Morgan fingerprint density at radius 1 is 1.25 bits per heavy atom. The Balaban J connectivity index is 2.55. The highest BCUT2D eigenvalue weighted by Crippen LogP contribution is 2.10. The van der Waals surface area contributed by atoms with E-state index in [1.807, 2.05) is 29.0 Å². The van der Waals surface area contributed by atoms with Crippen LogP contribution in [0.4, 0.5) is 0 Å². The Hall–Kier alpha value is -1.68. The highest BCUT2D eigenvalue weighted by atomic mass is 14.9. The van der Waals surface area contributed by atoms with Crippen LogP contribution in [0.1, 0.15) is 5.56 Å². The van der Waals surface area contributed by atoms with E-state index in [1.165, 1.54) is 11.3 Å². The molecule has 1 nitrogen and oxygen atoms in total. The number of nitrogens with zero attached hydrogens (tertiary/aromatic N) is 1. The molecule has 0 fully saturated rings. The van der Waals surface area contributed by atoms with Gasteiger partial charge in [-0.3, -0.25) is 4.57 Å². The van der Waals surface area contributed by atoms with Gasteiger partial charge in [-0.1, -0.05) is 18.2 Å². The van der Waals surface area contributed by atoms with Crippen LogP contribution in [0.15, 0.2) is 36.5 Å². The van der Waals surface area contributed by atoms with E-state index in [0.29, 0.717) is 0 Å². The summed E-state index contributed by atoms with van der Waals surface area (Å²) >= 11 is 0. The van der Waals surface area contributed by atoms with E-state index in [-0.39, 0.29) is 0 Å². The second-order valence-corrected chi connectivity index (χ2v) is 2.73. The largest absolute Gasteiger partial charge is 0.276 e. The first-order valence-electron chi connectivity index (χ1n) is 3.90. The SMILES string of the molecule is Cc1ccccc1-n1c#ccc1. The molecule has 1 heteroatoms. The molecule has 0 saturated heterocycles. The molecule has 1 aromatic heterocycles. The smallest absolute Gasteiger partial charge is 0.0568 e. The molecular weight excluding hydrogens is 146 g/mol. The molecule has 0 N–H and O–H groups in total. The average molecular weight is 155 g/mol. The fraction of sp³-hybridized carbons (Fsp3) is 0.0909. The van der Waals surface area contributed by atoms with Crippen molar-refractivity contribution in [3.8, 4) is 5.69 Å². The highest BCUT2D eigenvalue weighted by molar-refractivity contribution is 5.39. The van der Waals surface area contributed by atoms with Crippen LogP contribution >= 0.6 is 0 Å². The molecule has 0 atom stereocenters. The third-order valence-corrected chi connectivity index (χ3v) is 1.87. The van der Waals surface area contributed by atoms with Crippen LogP contribution in [0.25, 0.3) is 5.69 Å². The summed E-state index contributed by atoms with van der Waals surface area (Å²) in [5.74, 6) is 0. The third-order valence-electron chi connectivity index (χ3n) is 1.87. The topological polar surface area (TPSA) is 4.93 Å². The summed E-state index contributed by atoms with van der Waals surface area (Å²) in [5, 5.41) is 0. The Morgan fingerprint density at radius 2 is 2.08 bits per heavy atom. The predicted molar refractivity (Wildman–Crippen MR) is 48.2 cm³/mol. The van der Waals surface area contributed by atoms with Crippen molar-refractivity contribution in [2.75, 3.05) is 0 Å². The minimum atomic E-state index is 1.17. The number of aromatic nitrogens is 1. The van der Waals surface area contributed by atoms with E-state index >= 15 is 0 Å². The van der Waals surface area contributed by atoms with Gasteiger partial charge in [0.05, 0.1) is 5.69 Å². The normalized spacial score (nSPS) is 9.42. The molecule has 0 amide bonds. The average Bonchev–Trinajstić information content (AvgIpc) is 2.57. The highest BCUT2D eigenvalue weighted by Gasteiger charge is 1.95. The van der Waals surface area contributed by atoms with Gasteiger partial charge in [-0.2, -0.15) is 0 Å². The molecule has 1 aromatic carbocycles. The number of rotatable bonds is 1. The van der Waals surface area contributed by atoms with Crippen molar-refractivity contribution >= 4 is 0 Å². The fourth-order valence-corrected chi connectivity index (χ4v) is 1.23. The third kappa shape index (κ3) is 1.08. The van der Waals surface area contributed by atoms with Crippen LogP contribution in [0.2, 0.25) is 0 Å². The van der Waals surface area contributed by atoms with Gasteiger partial charge in [-0.05, 0) is 24.6 Å². The monoisotopic (exact) mass is 155 g/mol. The van der Waals surface area contributed by atoms with E-state index in [1.54, 1.807) is 0 Å². The fourth-order valence-electron chi connectivity index (χ4n) is 1.23. The molecule has 1 heterocycles. The van der Waals surface area contributed by atoms with Gasteiger partial charge in [0.1, 0.15) is 0 Å². The van der Waals surface area contributed by atoms with Gasteiger partial charge in [0.25, 0.3) is 0 Å². The second-order valence-electron chi connectivity index (χ2n) is 2.73. The van der Waals surface area contributed by atoms with Gasteiger partial charge in [0.2, 0.25) is 0 Å². The maximum atomic E-state index is 2.99. The maximum absolute atomic E-state index is 2.99. The summed E-state index contributed by atoms with van der Waals surface area (Å²) < 4.78 is 1.94. The first-order valence-corrected chi connectivity index (χ1v) is 3.90. The molecule has 0 aliphatic heterocycles. The lowest BCUT2D eigenvalue weighted by molar-refractivity contribution is 1.06. The Labute approximate surface area is 72.3 Å². The molecule has 58 valence electrons. The van der Waals surface area contributed by atoms with Gasteiger partial charge in [0.15, 0.2) is 0 Å². The minimum Gasteiger partial charge on any atom is -0.276 e. The molecule has 0 aliphatic carbocycles. The molecule has 0 spiro atoms. The number of hydrogen-bond acceptors (Lipinski definition) is 0. The number of aryl methyl sites for hydroxylation is 1. The number of hydrogen-bond donors (Lipinski definition) is 0. The molecule has 0 bridgehead atoms. The standard InChI is InChI=1S/C11H9N/c1-10-6-2-3-7-11(10)12-8-4-5-9-12/h2-4,6-8H,1H3. The first kappa shape index (κ1) is 7.00. The van der Waals surface area contributed by atoms with Crippen molar-refractivity contribution in [2.24, 2.45) is 0 Å². The summed E-state index contributed by atoms with van der Waals surface area (Å²) in [6.45, 7) is 2.09. The molecule has 0 radical (unpaired) electrons. The van der Waals surface area contributed by atoms with Gasteiger partial charge in [0, 0.05) is 18.5 Å². The maximum Gasteiger partial charge on any atom is 0.0568 e. The first-order chi connectivity index (χ1) is 5.88. The van der Waals surface area contributed by atoms with Crippen LogP contribution in [-0.2, 0) is 0 Å². The van der Waals surface area contributed by atoms with Crippen molar-refractivity contribution in [2.45, 2.75) is 6.92 Å². The van der Waals surface area contributed by atoms with Crippen molar-refractivity contribution in [3.05, 3.63) is 54.4 Å². The zero-order chi connectivity index (χ0) is 8.39. The lowest BCUT2D eigenvalue weighted by atomic mass is 10.2. The van der Waals surface area contributed by atoms with Gasteiger partial charge in [-0.25, -0.2) is 0 Å². The molecule has 2 aromatic rings. The molecule has 0 unspecified atom stereocenters. The quantitative estimate of drug-likeness (QED) is 0.596. The molecular formula is C11H9N. The summed E-state index contributed by atoms with van der Waals surface area (Å²) in [7, 11) is 0. The van der Waals surface area contributed by atoms with Gasteiger partial charge < -0.3 is 0 Å². The number of benzene rings is 1. The van der Waals surface area contributed by atoms with Gasteiger partial charge in [-0.15, -0.1) is 0 Å². The zero-order valence-electron chi connectivity index (χ0n) is 6.91. The van der Waals surface area contributed by atoms with E-state index in [2.05, 4.69) is 31.3 Å². The molecule has 12 heavy (non-hydrogen) atoms. The predicted octanol–water partition coefficient (Wildman–Crippen LogP) is 2.39. The van der Waals surface area contributed by atoms with E-state index in [9.17, 15) is 0 Å². The lowest BCUT2D eigenvalue weighted by Gasteiger charge is -2.03. The van der Waals surface area contributed by atoms with Crippen molar-refractivity contribution < 1.29 is 0 Å². The summed E-state index contributed by atoms with van der Waals surface area (Å²) in [6.07, 6.45) is 4.93. The van der Waals surface area contributed by atoms with E-state index in [0.717, 1.165) is 0 Å². The van der Waals surface area contributed by atoms with Crippen LogP contribution in [-0.4, -0.2) is 4.57 Å². The van der Waals surface area contributed by atoms with Crippen molar-refractivity contribution in [3.63, 3.8) is 0 Å². The van der Waals surface area contributed by atoms with Gasteiger partial charge >= 0.3 is 0 Å². The summed E-state index contributed by atoms with van der Waals surface area (Å²) in [6, 6.07) is 13.0. The minimum absolute atomic E-state index is 1.17. The number of para-hydroxylation sites is 1. The van der Waals surface area contributed by atoms with Crippen LogP contribution in [0.5, 0.6) is 0 Å².